The van der Waals surface area contributed by atoms with Crippen LogP contribution in [0.1, 0.15) is 55.6 Å². The van der Waals surface area contributed by atoms with Gasteiger partial charge in [0.25, 0.3) is 0 Å². The Labute approximate surface area is 143 Å². The van der Waals surface area contributed by atoms with Crippen LogP contribution in [0.2, 0.25) is 0 Å². The van der Waals surface area contributed by atoms with Crippen LogP contribution >= 0.6 is 0 Å². The highest BCUT2D eigenvalue weighted by Gasteiger charge is 2.34. The highest BCUT2D eigenvalue weighted by Crippen LogP contribution is 2.34. The fraction of sp³-hybridized carbons (Fsp3) is 0.600. The van der Waals surface area contributed by atoms with Crippen LogP contribution in [-0.4, -0.2) is 35.0 Å². The monoisotopic (exact) mass is 329 g/mol. The molecule has 1 aromatic rings. The van der Waals surface area contributed by atoms with Gasteiger partial charge in [-0.2, -0.15) is 0 Å². The van der Waals surface area contributed by atoms with Crippen LogP contribution in [0, 0.1) is 18.8 Å². The lowest BCUT2D eigenvalue weighted by atomic mass is 9.80. The summed E-state index contributed by atoms with van der Waals surface area (Å²) in [6.07, 6.45) is 4.95. The Morgan fingerprint density at radius 2 is 1.71 bits per heavy atom. The Balaban J connectivity index is 1.57. The van der Waals surface area contributed by atoms with E-state index in [1.807, 2.05) is 4.90 Å². The van der Waals surface area contributed by atoms with E-state index < -0.39 is 5.97 Å². The van der Waals surface area contributed by atoms with Gasteiger partial charge in [-0.05, 0) is 56.1 Å². The van der Waals surface area contributed by atoms with E-state index in [-0.39, 0.29) is 17.7 Å². The average Bonchev–Trinajstić information content (AvgIpc) is 2.62. The normalized spacial score (nSPS) is 25.5. The number of benzene rings is 1. The number of likely N-dealkylation sites (tertiary alicyclic amines) is 1. The van der Waals surface area contributed by atoms with Crippen LogP contribution in [0.15, 0.2) is 24.3 Å². The van der Waals surface area contributed by atoms with E-state index in [0.29, 0.717) is 18.8 Å². The Hall–Kier alpha value is -1.84. The predicted octanol–water partition coefficient (Wildman–Crippen LogP) is 3.59. The fourth-order valence-corrected chi connectivity index (χ4v) is 4.35. The molecule has 1 saturated heterocycles. The van der Waals surface area contributed by atoms with Gasteiger partial charge in [-0.1, -0.05) is 30.7 Å². The Kier molecular flexibility index (Phi) is 5.22. The van der Waals surface area contributed by atoms with Gasteiger partial charge in [-0.25, -0.2) is 0 Å². The predicted molar refractivity (Wildman–Crippen MR) is 92.8 cm³/mol. The lowest BCUT2D eigenvalue weighted by Crippen LogP contribution is -2.43. The van der Waals surface area contributed by atoms with Crippen molar-refractivity contribution >= 4 is 11.9 Å². The summed E-state index contributed by atoms with van der Waals surface area (Å²) in [5.41, 5.74) is 2.74. The highest BCUT2D eigenvalue weighted by atomic mass is 16.4. The molecule has 0 aromatic heterocycles. The van der Waals surface area contributed by atoms with Crippen LogP contribution in [0.5, 0.6) is 0 Å². The summed E-state index contributed by atoms with van der Waals surface area (Å²) in [4.78, 5) is 25.9. The van der Waals surface area contributed by atoms with E-state index in [0.717, 1.165) is 38.8 Å². The largest absolute Gasteiger partial charge is 0.481 e. The number of carbonyl (C=O) groups is 2. The van der Waals surface area contributed by atoms with E-state index in [9.17, 15) is 14.7 Å². The molecule has 2 atom stereocenters. The molecule has 0 bridgehead atoms. The topological polar surface area (TPSA) is 57.6 Å². The molecule has 4 heteroatoms. The Morgan fingerprint density at radius 1 is 1.04 bits per heavy atom. The van der Waals surface area contributed by atoms with E-state index in [1.165, 1.54) is 11.1 Å². The average molecular weight is 329 g/mol. The smallest absolute Gasteiger partial charge is 0.306 e. The SMILES string of the molecule is Cc1ccccc1C1CCN(C(=O)C2CCCC(C(=O)O)C2)CC1. The molecule has 1 N–H and O–H groups in total. The maximum atomic E-state index is 12.8. The van der Waals surface area contributed by atoms with E-state index in [2.05, 4.69) is 31.2 Å². The van der Waals surface area contributed by atoms with Crippen molar-refractivity contribution in [2.24, 2.45) is 11.8 Å². The quantitative estimate of drug-likeness (QED) is 0.922. The molecule has 1 aromatic carbocycles. The summed E-state index contributed by atoms with van der Waals surface area (Å²) in [7, 11) is 0. The second-order valence-corrected chi connectivity index (χ2v) is 7.35. The number of aliphatic carboxylic acids is 1. The van der Waals surface area contributed by atoms with Gasteiger partial charge in [0.2, 0.25) is 5.91 Å². The van der Waals surface area contributed by atoms with Gasteiger partial charge < -0.3 is 10.0 Å². The first-order valence-electron chi connectivity index (χ1n) is 9.13. The zero-order valence-electron chi connectivity index (χ0n) is 14.4. The maximum Gasteiger partial charge on any atom is 0.306 e. The zero-order chi connectivity index (χ0) is 17.1. The van der Waals surface area contributed by atoms with Crippen molar-refractivity contribution in [2.45, 2.75) is 51.4 Å². The number of hydrogen-bond acceptors (Lipinski definition) is 2. The third-order valence-corrected chi connectivity index (χ3v) is 5.81. The van der Waals surface area contributed by atoms with Crippen LogP contribution < -0.4 is 0 Å². The molecule has 1 heterocycles. The van der Waals surface area contributed by atoms with Gasteiger partial charge in [0.05, 0.1) is 5.92 Å². The lowest BCUT2D eigenvalue weighted by Gasteiger charge is -2.36. The van der Waals surface area contributed by atoms with Crippen LogP contribution in [0.3, 0.4) is 0 Å². The molecule has 1 aliphatic carbocycles. The fourth-order valence-electron chi connectivity index (χ4n) is 4.35. The molecule has 0 radical (unpaired) electrons. The summed E-state index contributed by atoms with van der Waals surface area (Å²) >= 11 is 0. The highest BCUT2D eigenvalue weighted by molar-refractivity contribution is 5.80. The van der Waals surface area contributed by atoms with Crippen LogP contribution in [0.4, 0.5) is 0 Å². The molecule has 2 unspecified atom stereocenters. The summed E-state index contributed by atoms with van der Waals surface area (Å²) < 4.78 is 0. The van der Waals surface area contributed by atoms with Gasteiger partial charge in [-0.3, -0.25) is 9.59 Å². The number of piperidine rings is 1. The summed E-state index contributed by atoms with van der Waals surface area (Å²) in [5.74, 6) is -0.449. The summed E-state index contributed by atoms with van der Waals surface area (Å²) in [6, 6.07) is 8.52. The molecule has 2 fully saturated rings. The molecule has 1 amide bonds. The molecule has 4 nitrogen and oxygen atoms in total. The molecule has 130 valence electrons. The standard InChI is InChI=1S/C20H27NO3/c1-14-5-2-3-8-18(14)15-9-11-21(12-10-15)19(22)16-6-4-7-17(13-16)20(23)24/h2-3,5,8,15-17H,4,6-7,9-13H2,1H3,(H,23,24). The first-order valence-corrected chi connectivity index (χ1v) is 9.13. The van der Waals surface area contributed by atoms with Gasteiger partial charge in [0.15, 0.2) is 0 Å². The second-order valence-electron chi connectivity index (χ2n) is 7.35. The second kappa shape index (κ2) is 7.37. The Bertz CT molecular complexity index is 605. The molecule has 0 spiro atoms. The third-order valence-electron chi connectivity index (χ3n) is 5.81. The minimum absolute atomic E-state index is 0.0881. The minimum Gasteiger partial charge on any atom is -0.481 e. The van der Waals surface area contributed by atoms with Gasteiger partial charge in [0.1, 0.15) is 0 Å². The number of carbonyl (C=O) groups excluding carboxylic acids is 1. The molecule has 3 rings (SSSR count). The number of rotatable bonds is 3. The van der Waals surface area contributed by atoms with E-state index >= 15 is 0 Å². The van der Waals surface area contributed by atoms with Crippen molar-refractivity contribution in [1.82, 2.24) is 4.90 Å². The first kappa shape index (κ1) is 17.0. The van der Waals surface area contributed by atoms with Crippen LogP contribution in [0.25, 0.3) is 0 Å². The lowest BCUT2D eigenvalue weighted by molar-refractivity contribution is -0.145. The Morgan fingerprint density at radius 3 is 2.38 bits per heavy atom. The van der Waals surface area contributed by atoms with Crippen molar-refractivity contribution in [1.29, 1.82) is 0 Å². The number of aryl methyl sites for hydroxylation is 1. The molecule has 1 saturated carbocycles. The number of amides is 1. The molecule has 2 aliphatic rings. The molecule has 24 heavy (non-hydrogen) atoms. The third kappa shape index (κ3) is 3.63. The van der Waals surface area contributed by atoms with Gasteiger partial charge >= 0.3 is 5.97 Å². The first-order chi connectivity index (χ1) is 11.6. The zero-order valence-corrected chi connectivity index (χ0v) is 14.4. The van der Waals surface area contributed by atoms with Crippen LogP contribution in [-0.2, 0) is 9.59 Å². The van der Waals surface area contributed by atoms with Crippen molar-refractivity contribution < 1.29 is 14.7 Å². The summed E-state index contributed by atoms with van der Waals surface area (Å²) in [5, 5.41) is 9.21. The molecular formula is C20H27NO3. The maximum absolute atomic E-state index is 12.8. The van der Waals surface area contributed by atoms with Crippen molar-refractivity contribution in [3.8, 4) is 0 Å². The van der Waals surface area contributed by atoms with Crippen molar-refractivity contribution in [3.05, 3.63) is 35.4 Å². The van der Waals surface area contributed by atoms with Crippen molar-refractivity contribution in [2.75, 3.05) is 13.1 Å². The van der Waals surface area contributed by atoms with E-state index in [1.54, 1.807) is 0 Å². The number of carboxylic acids is 1. The number of carboxylic acid groups (broad SMARTS) is 1. The number of nitrogens with zero attached hydrogens (tertiary/aromatic N) is 1. The summed E-state index contributed by atoms with van der Waals surface area (Å²) in [6.45, 7) is 3.75. The van der Waals surface area contributed by atoms with Gasteiger partial charge in [-0.15, -0.1) is 0 Å². The van der Waals surface area contributed by atoms with Crippen molar-refractivity contribution in [3.63, 3.8) is 0 Å². The van der Waals surface area contributed by atoms with E-state index in [4.69, 9.17) is 0 Å². The minimum atomic E-state index is -0.745. The van der Waals surface area contributed by atoms with Gasteiger partial charge in [0, 0.05) is 19.0 Å². The number of hydrogen-bond donors (Lipinski definition) is 1. The molecular weight excluding hydrogens is 302 g/mol. The molecule has 1 aliphatic heterocycles.